The number of methoxy groups -OCH3 is 1. The minimum atomic E-state index is -3.59. The number of para-hydroxylation sites is 1. The van der Waals surface area contributed by atoms with Crippen molar-refractivity contribution in [1.82, 2.24) is 5.32 Å². The number of sulfonamides is 1. The maximum absolute atomic E-state index is 12.2. The summed E-state index contributed by atoms with van der Waals surface area (Å²) in [4.78, 5) is 12.0. The number of amides is 1. The molecule has 0 aromatic heterocycles. The smallest absolute Gasteiger partial charge is 0.240 e. The Morgan fingerprint density at radius 1 is 1.26 bits per heavy atom. The number of anilines is 1. The molecular formula is C16H26N2O4S. The summed E-state index contributed by atoms with van der Waals surface area (Å²) in [6, 6.07) is 7.25. The molecule has 0 aliphatic carbocycles. The van der Waals surface area contributed by atoms with E-state index in [2.05, 4.69) is 5.32 Å². The molecule has 0 aliphatic rings. The fourth-order valence-corrected chi connectivity index (χ4v) is 3.05. The molecule has 6 nitrogen and oxygen atoms in total. The van der Waals surface area contributed by atoms with E-state index in [0.29, 0.717) is 18.8 Å². The summed E-state index contributed by atoms with van der Waals surface area (Å²) in [6.07, 6.45) is 1.11. The fraction of sp³-hybridized carbons (Fsp3) is 0.562. The van der Waals surface area contributed by atoms with Crippen molar-refractivity contribution in [3.05, 3.63) is 29.8 Å². The maximum atomic E-state index is 12.2. The lowest BCUT2D eigenvalue weighted by Crippen LogP contribution is -2.42. The van der Waals surface area contributed by atoms with Crippen molar-refractivity contribution in [1.29, 1.82) is 0 Å². The van der Waals surface area contributed by atoms with Crippen LogP contribution in [0.4, 0.5) is 5.69 Å². The van der Waals surface area contributed by atoms with E-state index in [1.54, 1.807) is 12.1 Å². The summed E-state index contributed by atoms with van der Waals surface area (Å²) in [6.45, 7) is 6.48. The number of nitrogens with zero attached hydrogens (tertiary/aromatic N) is 1. The van der Waals surface area contributed by atoms with Crippen molar-refractivity contribution in [3.8, 4) is 0 Å². The zero-order valence-corrected chi connectivity index (χ0v) is 15.2. The average molecular weight is 342 g/mol. The van der Waals surface area contributed by atoms with Crippen molar-refractivity contribution in [3.63, 3.8) is 0 Å². The second-order valence-electron chi connectivity index (χ2n) is 6.38. The minimum absolute atomic E-state index is 0.244. The van der Waals surface area contributed by atoms with E-state index in [0.717, 1.165) is 16.1 Å². The van der Waals surface area contributed by atoms with Crippen LogP contribution in [0.2, 0.25) is 0 Å². The summed E-state index contributed by atoms with van der Waals surface area (Å²) in [5.74, 6) is -0.365. The first kappa shape index (κ1) is 19.4. The molecule has 0 unspecified atom stereocenters. The molecule has 0 bridgehead atoms. The number of rotatable bonds is 7. The van der Waals surface area contributed by atoms with Gasteiger partial charge in [0.1, 0.15) is 6.54 Å². The van der Waals surface area contributed by atoms with E-state index in [1.807, 2.05) is 32.9 Å². The number of carbonyl (C=O) groups is 1. The van der Waals surface area contributed by atoms with Crippen molar-refractivity contribution < 1.29 is 17.9 Å². The molecule has 130 valence electrons. The van der Waals surface area contributed by atoms with Gasteiger partial charge in [-0.2, -0.15) is 0 Å². The Kier molecular flexibility index (Phi) is 6.58. The molecule has 0 aliphatic heterocycles. The van der Waals surface area contributed by atoms with Gasteiger partial charge in [-0.3, -0.25) is 9.10 Å². The maximum Gasteiger partial charge on any atom is 0.240 e. The Labute approximate surface area is 138 Å². The summed E-state index contributed by atoms with van der Waals surface area (Å²) in [5.41, 5.74) is 1.16. The van der Waals surface area contributed by atoms with Crippen LogP contribution < -0.4 is 9.62 Å². The van der Waals surface area contributed by atoms with Crippen LogP contribution in [-0.4, -0.2) is 47.4 Å². The minimum Gasteiger partial charge on any atom is -0.383 e. The van der Waals surface area contributed by atoms with Gasteiger partial charge < -0.3 is 10.1 Å². The zero-order chi connectivity index (χ0) is 17.7. The summed E-state index contributed by atoms with van der Waals surface area (Å²) >= 11 is 0. The van der Waals surface area contributed by atoms with Gasteiger partial charge in [-0.05, 0) is 17.0 Å². The normalized spacial score (nSPS) is 12.0. The molecule has 23 heavy (non-hydrogen) atoms. The molecule has 0 fully saturated rings. The summed E-state index contributed by atoms with van der Waals surface area (Å²) in [7, 11) is -2.05. The first-order valence-electron chi connectivity index (χ1n) is 7.40. The van der Waals surface area contributed by atoms with Crippen LogP contribution in [0.1, 0.15) is 26.3 Å². The summed E-state index contributed by atoms with van der Waals surface area (Å²) in [5, 5.41) is 2.64. The lowest BCUT2D eigenvalue weighted by atomic mass is 9.86. The number of nitrogens with one attached hydrogen (secondary N) is 1. The molecule has 0 saturated carbocycles. The third-order valence-corrected chi connectivity index (χ3v) is 4.42. The van der Waals surface area contributed by atoms with E-state index in [-0.39, 0.29) is 17.9 Å². The third kappa shape index (κ3) is 5.84. The van der Waals surface area contributed by atoms with Crippen LogP contribution in [-0.2, 0) is 25.0 Å². The average Bonchev–Trinajstić information content (AvgIpc) is 2.43. The highest BCUT2D eigenvalue weighted by atomic mass is 32.2. The predicted octanol–water partition coefficient (Wildman–Crippen LogP) is 1.51. The van der Waals surface area contributed by atoms with Gasteiger partial charge in [-0.25, -0.2) is 8.42 Å². The van der Waals surface area contributed by atoms with E-state index < -0.39 is 10.0 Å². The molecule has 1 aromatic rings. The van der Waals surface area contributed by atoms with Crippen LogP contribution in [0.15, 0.2) is 24.3 Å². The number of carbonyl (C=O) groups excluding carboxylic acids is 1. The zero-order valence-electron chi connectivity index (χ0n) is 14.4. The van der Waals surface area contributed by atoms with Gasteiger partial charge >= 0.3 is 0 Å². The van der Waals surface area contributed by atoms with Crippen molar-refractivity contribution in [2.45, 2.75) is 26.2 Å². The largest absolute Gasteiger partial charge is 0.383 e. The summed E-state index contributed by atoms with van der Waals surface area (Å²) < 4.78 is 30.4. The number of hydrogen-bond donors (Lipinski definition) is 1. The van der Waals surface area contributed by atoms with Crippen LogP contribution in [0, 0.1) is 0 Å². The second kappa shape index (κ2) is 7.79. The molecule has 1 amide bonds. The van der Waals surface area contributed by atoms with Crippen molar-refractivity contribution in [2.75, 3.05) is 37.4 Å². The van der Waals surface area contributed by atoms with Gasteiger partial charge in [0.05, 0.1) is 18.6 Å². The molecule has 7 heteroatoms. The van der Waals surface area contributed by atoms with E-state index in [9.17, 15) is 13.2 Å². The molecule has 0 heterocycles. The third-order valence-electron chi connectivity index (χ3n) is 3.30. The number of ether oxygens (including phenoxy) is 1. The fourth-order valence-electron chi connectivity index (χ4n) is 2.19. The van der Waals surface area contributed by atoms with E-state index in [4.69, 9.17) is 4.74 Å². The monoisotopic (exact) mass is 342 g/mol. The van der Waals surface area contributed by atoms with E-state index >= 15 is 0 Å². The standard InChI is InChI=1S/C16H26N2O4S/c1-16(2,3)13-8-6-7-9-14(13)18(23(5,20)21)12-15(19)17-10-11-22-4/h6-9H,10-12H2,1-5H3,(H,17,19). The van der Waals surface area contributed by atoms with Gasteiger partial charge in [-0.15, -0.1) is 0 Å². The van der Waals surface area contributed by atoms with Gasteiger partial charge in [0, 0.05) is 13.7 Å². The Bertz CT molecular complexity index is 636. The lowest BCUT2D eigenvalue weighted by molar-refractivity contribution is -0.119. The van der Waals surface area contributed by atoms with Crippen LogP contribution in [0.3, 0.4) is 0 Å². The van der Waals surface area contributed by atoms with Crippen molar-refractivity contribution >= 4 is 21.6 Å². The van der Waals surface area contributed by atoms with Crippen LogP contribution >= 0.6 is 0 Å². The highest BCUT2D eigenvalue weighted by Gasteiger charge is 2.27. The first-order valence-corrected chi connectivity index (χ1v) is 9.25. The topological polar surface area (TPSA) is 75.7 Å². The Morgan fingerprint density at radius 3 is 2.39 bits per heavy atom. The predicted molar refractivity (Wildman–Crippen MR) is 92.2 cm³/mol. The number of benzene rings is 1. The van der Waals surface area contributed by atoms with E-state index in [1.165, 1.54) is 7.11 Å². The molecule has 0 radical (unpaired) electrons. The molecule has 0 saturated heterocycles. The van der Waals surface area contributed by atoms with Crippen molar-refractivity contribution in [2.24, 2.45) is 0 Å². The SMILES string of the molecule is COCCNC(=O)CN(c1ccccc1C(C)(C)C)S(C)(=O)=O. The van der Waals surface area contributed by atoms with Gasteiger partial charge in [0.15, 0.2) is 0 Å². The highest BCUT2D eigenvalue weighted by Crippen LogP contribution is 2.32. The Balaban J connectivity index is 3.13. The van der Waals surface area contributed by atoms with Crippen LogP contribution in [0.25, 0.3) is 0 Å². The van der Waals surface area contributed by atoms with Gasteiger partial charge in [-0.1, -0.05) is 39.0 Å². The Morgan fingerprint density at radius 2 is 1.87 bits per heavy atom. The highest BCUT2D eigenvalue weighted by molar-refractivity contribution is 7.92. The quantitative estimate of drug-likeness (QED) is 0.762. The molecule has 0 spiro atoms. The molecule has 0 atom stereocenters. The van der Waals surface area contributed by atoms with Gasteiger partial charge in [0.25, 0.3) is 0 Å². The Hall–Kier alpha value is -1.60. The number of hydrogen-bond acceptors (Lipinski definition) is 4. The molecule has 1 rings (SSSR count). The molecular weight excluding hydrogens is 316 g/mol. The first-order chi connectivity index (χ1) is 10.6. The van der Waals surface area contributed by atoms with Gasteiger partial charge in [0.2, 0.25) is 15.9 Å². The molecule has 1 N–H and O–H groups in total. The van der Waals surface area contributed by atoms with Crippen LogP contribution in [0.5, 0.6) is 0 Å². The molecule has 1 aromatic carbocycles. The second-order valence-corrected chi connectivity index (χ2v) is 8.29. The lowest BCUT2D eigenvalue weighted by Gasteiger charge is -2.29.